The minimum atomic E-state index is -0.370. The molecule has 0 bridgehead atoms. The molecule has 0 amide bonds. The van der Waals surface area contributed by atoms with Crippen LogP contribution in [-0.2, 0) is 7.05 Å². The lowest BCUT2D eigenvalue weighted by molar-refractivity contribution is -0.384. The summed E-state index contributed by atoms with van der Waals surface area (Å²) >= 11 is 0. The van der Waals surface area contributed by atoms with Crippen LogP contribution in [0.4, 0.5) is 11.4 Å². The zero-order valence-electron chi connectivity index (χ0n) is 11.1. The molecule has 1 aromatic heterocycles. The lowest BCUT2D eigenvalue weighted by Crippen LogP contribution is -2.12. The molecule has 0 aliphatic rings. The lowest BCUT2D eigenvalue weighted by Gasteiger charge is -2.15. The highest BCUT2D eigenvalue weighted by molar-refractivity contribution is 5.63. The molecule has 19 heavy (non-hydrogen) atoms. The second kappa shape index (κ2) is 5.09. The average molecular weight is 260 g/mol. The molecule has 2 rings (SSSR count). The molecule has 0 radical (unpaired) electrons. The molecular weight excluding hydrogens is 244 g/mol. The number of rotatable bonds is 4. The van der Waals surface area contributed by atoms with Crippen LogP contribution in [-0.4, -0.2) is 14.7 Å². The van der Waals surface area contributed by atoms with Gasteiger partial charge in [-0.1, -0.05) is 6.07 Å². The molecule has 1 aromatic carbocycles. The summed E-state index contributed by atoms with van der Waals surface area (Å²) in [7, 11) is 1.84. The molecule has 6 heteroatoms. The maximum absolute atomic E-state index is 11.1. The zero-order chi connectivity index (χ0) is 14.0. The van der Waals surface area contributed by atoms with Crippen molar-refractivity contribution in [1.82, 2.24) is 9.78 Å². The van der Waals surface area contributed by atoms with Crippen LogP contribution in [0.3, 0.4) is 0 Å². The van der Waals surface area contributed by atoms with Gasteiger partial charge in [-0.3, -0.25) is 14.8 Å². The average Bonchev–Trinajstić information content (AvgIpc) is 2.77. The van der Waals surface area contributed by atoms with Crippen molar-refractivity contribution in [2.24, 2.45) is 7.05 Å². The van der Waals surface area contributed by atoms with Crippen molar-refractivity contribution in [3.63, 3.8) is 0 Å². The topological polar surface area (TPSA) is 73.0 Å². The van der Waals surface area contributed by atoms with Gasteiger partial charge in [-0.2, -0.15) is 5.10 Å². The summed E-state index contributed by atoms with van der Waals surface area (Å²) in [5, 5.41) is 18.3. The van der Waals surface area contributed by atoms with Gasteiger partial charge in [0.15, 0.2) is 0 Å². The van der Waals surface area contributed by atoms with Crippen LogP contribution in [0.2, 0.25) is 0 Å². The number of nitro benzene ring substituents is 1. The van der Waals surface area contributed by atoms with Gasteiger partial charge in [0.25, 0.3) is 5.69 Å². The minimum absolute atomic E-state index is 0.0612. The molecule has 1 atom stereocenters. The van der Waals surface area contributed by atoms with Crippen molar-refractivity contribution >= 4 is 11.4 Å². The molecular formula is C13H16N4O2. The van der Waals surface area contributed by atoms with Crippen molar-refractivity contribution in [2.45, 2.75) is 19.9 Å². The first-order valence-electron chi connectivity index (χ1n) is 5.98. The maximum atomic E-state index is 11.1. The summed E-state index contributed by atoms with van der Waals surface area (Å²) < 4.78 is 1.75. The van der Waals surface area contributed by atoms with Gasteiger partial charge in [-0.15, -0.1) is 0 Å². The van der Waals surface area contributed by atoms with Gasteiger partial charge in [-0.05, 0) is 31.5 Å². The standard InChI is InChI=1S/C13H16N4O2/c1-9-4-5-11(13(8-9)17(18)19)15-10(2)12-6-7-14-16(12)3/h4-8,10,15H,1-3H3. The van der Waals surface area contributed by atoms with Crippen LogP contribution in [0.25, 0.3) is 0 Å². The molecule has 1 N–H and O–H groups in total. The van der Waals surface area contributed by atoms with E-state index in [1.807, 2.05) is 33.0 Å². The number of aromatic nitrogens is 2. The first kappa shape index (κ1) is 13.1. The fourth-order valence-corrected chi connectivity index (χ4v) is 2.03. The zero-order valence-corrected chi connectivity index (χ0v) is 11.1. The third-order valence-electron chi connectivity index (χ3n) is 3.02. The molecule has 0 spiro atoms. The van der Waals surface area contributed by atoms with Gasteiger partial charge in [0.2, 0.25) is 0 Å². The molecule has 0 fully saturated rings. The van der Waals surface area contributed by atoms with Crippen LogP contribution >= 0.6 is 0 Å². The Kier molecular flexibility index (Phi) is 3.50. The maximum Gasteiger partial charge on any atom is 0.292 e. The smallest absolute Gasteiger partial charge is 0.292 e. The SMILES string of the molecule is Cc1ccc(NC(C)c2ccnn2C)c([N+](=O)[O-])c1. The van der Waals surface area contributed by atoms with Crippen molar-refractivity contribution in [2.75, 3.05) is 5.32 Å². The Bertz CT molecular complexity index is 606. The second-order valence-electron chi connectivity index (χ2n) is 4.52. The quantitative estimate of drug-likeness (QED) is 0.677. The molecule has 2 aromatic rings. The third kappa shape index (κ3) is 2.73. The van der Waals surface area contributed by atoms with Crippen molar-refractivity contribution < 1.29 is 4.92 Å². The largest absolute Gasteiger partial charge is 0.371 e. The molecule has 1 unspecified atom stereocenters. The van der Waals surface area contributed by atoms with Crippen LogP contribution in [0.15, 0.2) is 30.5 Å². The second-order valence-corrected chi connectivity index (χ2v) is 4.52. The van der Waals surface area contributed by atoms with Crippen molar-refractivity contribution in [3.05, 3.63) is 51.8 Å². The number of nitrogens with one attached hydrogen (secondary N) is 1. The summed E-state index contributed by atoms with van der Waals surface area (Å²) in [6.45, 7) is 3.78. The highest BCUT2D eigenvalue weighted by Gasteiger charge is 2.17. The number of hydrogen-bond acceptors (Lipinski definition) is 4. The lowest BCUT2D eigenvalue weighted by atomic mass is 10.1. The molecule has 6 nitrogen and oxygen atoms in total. The summed E-state index contributed by atoms with van der Waals surface area (Å²) in [6.07, 6.45) is 1.71. The molecule has 0 aliphatic heterocycles. The molecule has 0 saturated carbocycles. The van der Waals surface area contributed by atoms with E-state index in [1.54, 1.807) is 23.0 Å². The van der Waals surface area contributed by atoms with Crippen LogP contribution in [0, 0.1) is 17.0 Å². The van der Waals surface area contributed by atoms with Gasteiger partial charge in [0, 0.05) is 19.3 Å². The van der Waals surface area contributed by atoms with Crippen LogP contribution in [0.5, 0.6) is 0 Å². The predicted octanol–water partition coefficient (Wildman–Crippen LogP) is 2.81. The molecule has 0 aliphatic carbocycles. The number of nitrogens with zero attached hydrogens (tertiary/aromatic N) is 3. The Morgan fingerprint density at radius 1 is 1.42 bits per heavy atom. The van der Waals surface area contributed by atoms with E-state index in [1.165, 1.54) is 0 Å². The first-order chi connectivity index (χ1) is 8.99. The Morgan fingerprint density at radius 2 is 2.16 bits per heavy atom. The molecule has 0 saturated heterocycles. The fourth-order valence-electron chi connectivity index (χ4n) is 2.03. The predicted molar refractivity (Wildman–Crippen MR) is 73.1 cm³/mol. The molecule has 1 heterocycles. The van der Waals surface area contributed by atoms with Gasteiger partial charge >= 0.3 is 0 Å². The first-order valence-corrected chi connectivity index (χ1v) is 5.98. The van der Waals surface area contributed by atoms with Gasteiger partial charge < -0.3 is 5.32 Å². The summed E-state index contributed by atoms with van der Waals surface area (Å²) in [5.41, 5.74) is 2.44. The Labute approximate surface area is 111 Å². The summed E-state index contributed by atoms with van der Waals surface area (Å²) in [5.74, 6) is 0. The van der Waals surface area contributed by atoms with Crippen LogP contribution in [0.1, 0.15) is 24.2 Å². The number of hydrogen-bond donors (Lipinski definition) is 1. The van der Waals surface area contributed by atoms with E-state index < -0.39 is 0 Å². The number of benzene rings is 1. The van der Waals surface area contributed by atoms with E-state index in [4.69, 9.17) is 0 Å². The number of anilines is 1. The van der Waals surface area contributed by atoms with E-state index >= 15 is 0 Å². The van der Waals surface area contributed by atoms with Gasteiger partial charge in [0.05, 0.1) is 16.7 Å². The number of aryl methyl sites for hydroxylation is 2. The van der Waals surface area contributed by atoms with Crippen LogP contribution < -0.4 is 5.32 Å². The van der Waals surface area contributed by atoms with Crippen molar-refractivity contribution in [1.29, 1.82) is 0 Å². The molecule has 100 valence electrons. The Balaban J connectivity index is 2.29. The van der Waals surface area contributed by atoms with Gasteiger partial charge in [-0.25, -0.2) is 0 Å². The highest BCUT2D eigenvalue weighted by Crippen LogP contribution is 2.28. The third-order valence-corrected chi connectivity index (χ3v) is 3.02. The Morgan fingerprint density at radius 3 is 2.74 bits per heavy atom. The summed E-state index contributed by atoms with van der Waals surface area (Å²) in [4.78, 5) is 10.7. The van der Waals surface area contributed by atoms with E-state index in [-0.39, 0.29) is 16.7 Å². The van der Waals surface area contributed by atoms with E-state index in [9.17, 15) is 10.1 Å². The van der Waals surface area contributed by atoms with E-state index in [0.29, 0.717) is 5.69 Å². The fraction of sp³-hybridized carbons (Fsp3) is 0.308. The van der Waals surface area contributed by atoms with E-state index in [0.717, 1.165) is 11.3 Å². The summed E-state index contributed by atoms with van der Waals surface area (Å²) in [6, 6.07) is 6.98. The Hall–Kier alpha value is -2.37. The van der Waals surface area contributed by atoms with Crippen molar-refractivity contribution in [3.8, 4) is 0 Å². The normalized spacial score (nSPS) is 12.2. The minimum Gasteiger partial charge on any atom is -0.371 e. The highest BCUT2D eigenvalue weighted by atomic mass is 16.6. The number of nitro groups is 1. The van der Waals surface area contributed by atoms with Gasteiger partial charge in [0.1, 0.15) is 5.69 Å². The monoisotopic (exact) mass is 260 g/mol. The van der Waals surface area contributed by atoms with E-state index in [2.05, 4.69) is 10.4 Å².